The smallest absolute Gasteiger partial charge is 0.0407 e. The van der Waals surface area contributed by atoms with Crippen molar-refractivity contribution in [1.29, 1.82) is 0 Å². The van der Waals surface area contributed by atoms with Crippen LogP contribution in [0.2, 0.25) is 5.02 Å². The normalized spacial score (nSPS) is 15.8. The molecule has 0 atom stereocenters. The summed E-state index contributed by atoms with van der Waals surface area (Å²) in [6.45, 7) is 5.60. The fraction of sp³-hybridized carbons (Fsp3) is 0.368. The van der Waals surface area contributed by atoms with E-state index in [0.717, 1.165) is 43.3 Å². The van der Waals surface area contributed by atoms with Gasteiger partial charge in [0.1, 0.15) is 0 Å². The minimum atomic E-state index is 0.801. The number of piperazine rings is 1. The number of halogens is 1. The Morgan fingerprint density at radius 3 is 2.17 bits per heavy atom. The molecule has 0 spiro atoms. The SMILES string of the molecule is Nc1ccc(CCCN2CCN(c3ccc(Cl)cc3)CC2)cc1. The molecule has 122 valence electrons. The maximum absolute atomic E-state index is 5.96. The van der Waals surface area contributed by atoms with Crippen LogP contribution in [0.1, 0.15) is 12.0 Å². The maximum Gasteiger partial charge on any atom is 0.0407 e. The predicted molar refractivity (Wildman–Crippen MR) is 99.3 cm³/mol. The summed E-state index contributed by atoms with van der Waals surface area (Å²) in [5, 5.41) is 0.801. The molecule has 0 amide bonds. The van der Waals surface area contributed by atoms with Crippen LogP contribution in [0.25, 0.3) is 0 Å². The third kappa shape index (κ3) is 4.63. The predicted octanol–water partition coefficient (Wildman–Crippen LogP) is 3.68. The molecular formula is C19H24ClN3. The van der Waals surface area contributed by atoms with E-state index in [1.165, 1.54) is 24.2 Å². The summed E-state index contributed by atoms with van der Waals surface area (Å²) >= 11 is 5.96. The molecule has 0 radical (unpaired) electrons. The third-order valence-corrected chi connectivity index (χ3v) is 4.74. The molecule has 1 fully saturated rings. The van der Waals surface area contributed by atoms with Crippen molar-refractivity contribution >= 4 is 23.0 Å². The Morgan fingerprint density at radius 1 is 0.870 bits per heavy atom. The summed E-state index contributed by atoms with van der Waals surface area (Å²) < 4.78 is 0. The number of anilines is 2. The van der Waals surface area contributed by atoms with Gasteiger partial charge in [-0.15, -0.1) is 0 Å². The van der Waals surface area contributed by atoms with E-state index in [1.54, 1.807) is 0 Å². The largest absolute Gasteiger partial charge is 0.399 e. The minimum Gasteiger partial charge on any atom is -0.399 e. The second kappa shape index (κ2) is 7.71. The van der Waals surface area contributed by atoms with Gasteiger partial charge in [0.25, 0.3) is 0 Å². The van der Waals surface area contributed by atoms with Gasteiger partial charge in [-0.3, -0.25) is 4.90 Å². The summed E-state index contributed by atoms with van der Waals surface area (Å²) in [5.41, 5.74) is 9.21. The lowest BCUT2D eigenvalue weighted by molar-refractivity contribution is 0.255. The summed E-state index contributed by atoms with van der Waals surface area (Å²) in [6.07, 6.45) is 2.32. The number of nitrogens with two attached hydrogens (primary N) is 1. The van der Waals surface area contributed by atoms with E-state index in [4.69, 9.17) is 17.3 Å². The second-order valence-electron chi connectivity index (χ2n) is 6.15. The third-order valence-electron chi connectivity index (χ3n) is 4.48. The quantitative estimate of drug-likeness (QED) is 0.849. The van der Waals surface area contributed by atoms with E-state index in [9.17, 15) is 0 Å². The van der Waals surface area contributed by atoms with E-state index in [1.807, 2.05) is 24.3 Å². The highest BCUT2D eigenvalue weighted by Gasteiger charge is 2.16. The molecule has 1 aliphatic rings. The summed E-state index contributed by atoms with van der Waals surface area (Å²) in [5.74, 6) is 0. The van der Waals surface area contributed by atoms with Crippen molar-refractivity contribution in [3.8, 4) is 0 Å². The van der Waals surface area contributed by atoms with Gasteiger partial charge in [-0.2, -0.15) is 0 Å². The number of rotatable bonds is 5. The van der Waals surface area contributed by atoms with Gasteiger partial charge in [0, 0.05) is 42.6 Å². The molecule has 0 aliphatic carbocycles. The van der Waals surface area contributed by atoms with Crippen molar-refractivity contribution in [2.75, 3.05) is 43.4 Å². The zero-order chi connectivity index (χ0) is 16.1. The van der Waals surface area contributed by atoms with Crippen molar-refractivity contribution in [3.05, 3.63) is 59.1 Å². The van der Waals surface area contributed by atoms with E-state index in [-0.39, 0.29) is 0 Å². The summed E-state index contributed by atoms with van der Waals surface area (Å²) in [6, 6.07) is 16.4. The Hall–Kier alpha value is -1.71. The monoisotopic (exact) mass is 329 g/mol. The summed E-state index contributed by atoms with van der Waals surface area (Å²) in [7, 11) is 0. The van der Waals surface area contributed by atoms with Crippen LogP contribution in [-0.4, -0.2) is 37.6 Å². The van der Waals surface area contributed by atoms with E-state index >= 15 is 0 Å². The molecule has 0 aromatic heterocycles. The lowest BCUT2D eigenvalue weighted by Gasteiger charge is -2.36. The standard InChI is InChI=1S/C19H24ClN3/c20-17-5-9-19(10-6-17)23-14-12-22(13-15-23)11-1-2-16-3-7-18(21)8-4-16/h3-10H,1-2,11-15,21H2. The van der Waals surface area contributed by atoms with E-state index in [0.29, 0.717) is 0 Å². The zero-order valence-corrected chi connectivity index (χ0v) is 14.2. The van der Waals surface area contributed by atoms with Gasteiger partial charge in [-0.05, 0) is 61.3 Å². The van der Waals surface area contributed by atoms with Crippen molar-refractivity contribution in [1.82, 2.24) is 4.90 Å². The van der Waals surface area contributed by atoms with Crippen LogP contribution in [0.5, 0.6) is 0 Å². The van der Waals surface area contributed by atoms with Gasteiger partial charge < -0.3 is 10.6 Å². The second-order valence-corrected chi connectivity index (χ2v) is 6.59. The zero-order valence-electron chi connectivity index (χ0n) is 13.4. The van der Waals surface area contributed by atoms with Crippen LogP contribution in [0.3, 0.4) is 0 Å². The van der Waals surface area contributed by atoms with Crippen LogP contribution in [0, 0.1) is 0 Å². The minimum absolute atomic E-state index is 0.801. The first-order valence-electron chi connectivity index (χ1n) is 8.28. The van der Waals surface area contributed by atoms with E-state index in [2.05, 4.69) is 34.1 Å². The Bertz CT molecular complexity index is 599. The topological polar surface area (TPSA) is 32.5 Å². The van der Waals surface area contributed by atoms with Crippen molar-refractivity contribution < 1.29 is 0 Å². The van der Waals surface area contributed by atoms with Crippen molar-refractivity contribution in [2.24, 2.45) is 0 Å². The average Bonchev–Trinajstić information content (AvgIpc) is 2.58. The molecule has 3 nitrogen and oxygen atoms in total. The molecule has 0 saturated carbocycles. The van der Waals surface area contributed by atoms with Gasteiger partial charge in [0.15, 0.2) is 0 Å². The molecule has 4 heteroatoms. The molecule has 0 bridgehead atoms. The van der Waals surface area contributed by atoms with Gasteiger partial charge in [0.2, 0.25) is 0 Å². The highest BCUT2D eigenvalue weighted by Crippen LogP contribution is 2.19. The molecule has 1 saturated heterocycles. The molecule has 1 heterocycles. The van der Waals surface area contributed by atoms with Gasteiger partial charge in [-0.25, -0.2) is 0 Å². The van der Waals surface area contributed by atoms with Crippen molar-refractivity contribution in [2.45, 2.75) is 12.8 Å². The fourth-order valence-electron chi connectivity index (χ4n) is 3.07. The number of benzene rings is 2. The fourth-order valence-corrected chi connectivity index (χ4v) is 3.20. The highest BCUT2D eigenvalue weighted by molar-refractivity contribution is 6.30. The number of nitrogen functional groups attached to an aromatic ring is 1. The number of hydrogen-bond acceptors (Lipinski definition) is 3. The molecule has 2 N–H and O–H groups in total. The van der Waals surface area contributed by atoms with Crippen LogP contribution in [0.15, 0.2) is 48.5 Å². The first-order valence-corrected chi connectivity index (χ1v) is 8.66. The Labute approximate surface area is 143 Å². The number of hydrogen-bond donors (Lipinski definition) is 1. The van der Waals surface area contributed by atoms with Crippen molar-refractivity contribution in [3.63, 3.8) is 0 Å². The average molecular weight is 330 g/mol. The van der Waals surface area contributed by atoms with Crippen LogP contribution in [0.4, 0.5) is 11.4 Å². The van der Waals surface area contributed by atoms with Crippen LogP contribution >= 0.6 is 11.6 Å². The van der Waals surface area contributed by atoms with Gasteiger partial charge >= 0.3 is 0 Å². The Kier molecular flexibility index (Phi) is 5.42. The molecule has 0 unspecified atom stereocenters. The number of aryl methyl sites for hydroxylation is 1. The van der Waals surface area contributed by atoms with Crippen LogP contribution in [-0.2, 0) is 6.42 Å². The lowest BCUT2D eigenvalue weighted by atomic mass is 10.1. The Morgan fingerprint density at radius 2 is 1.52 bits per heavy atom. The Balaban J connectivity index is 1.40. The first kappa shape index (κ1) is 16.2. The molecule has 3 rings (SSSR count). The first-order chi connectivity index (χ1) is 11.2. The van der Waals surface area contributed by atoms with Gasteiger partial charge in [-0.1, -0.05) is 23.7 Å². The highest BCUT2D eigenvalue weighted by atomic mass is 35.5. The maximum atomic E-state index is 5.96. The van der Waals surface area contributed by atoms with E-state index < -0.39 is 0 Å². The number of nitrogens with zero attached hydrogens (tertiary/aromatic N) is 2. The van der Waals surface area contributed by atoms with Crippen LogP contribution < -0.4 is 10.6 Å². The molecule has 2 aromatic carbocycles. The summed E-state index contributed by atoms with van der Waals surface area (Å²) in [4.78, 5) is 5.00. The molecule has 2 aromatic rings. The van der Waals surface area contributed by atoms with Gasteiger partial charge in [0.05, 0.1) is 0 Å². The lowest BCUT2D eigenvalue weighted by Crippen LogP contribution is -2.46. The molecule has 1 aliphatic heterocycles. The molecule has 23 heavy (non-hydrogen) atoms. The molecular weight excluding hydrogens is 306 g/mol.